The number of anilines is 1. The van der Waals surface area contributed by atoms with E-state index in [-0.39, 0.29) is 35.9 Å². The number of morpholine rings is 1. The highest BCUT2D eigenvalue weighted by Gasteiger charge is 2.15. The Labute approximate surface area is 206 Å². The van der Waals surface area contributed by atoms with Crippen LogP contribution >= 0.6 is 24.0 Å². The van der Waals surface area contributed by atoms with Crippen LogP contribution in [-0.4, -0.2) is 59.1 Å². The van der Waals surface area contributed by atoms with Crippen molar-refractivity contribution in [3.8, 4) is 11.5 Å². The Balaban J connectivity index is 0.00000363. The standard InChI is InChI=1S/C23H31FN4O3.HI/c1-17(31-22-7-5-4-6-21(22)29-3)15-26-23(25-2)27-16-18-8-9-20(19(24)14-18)28-10-12-30-13-11-28;/h4-9,14,17H,10-13,15-16H2,1-3H3,(H2,25,26,27);1H. The Morgan fingerprint density at radius 2 is 1.88 bits per heavy atom. The van der Waals surface area contributed by atoms with Crippen LogP contribution in [0.2, 0.25) is 0 Å². The highest BCUT2D eigenvalue weighted by atomic mass is 127. The third kappa shape index (κ3) is 7.40. The van der Waals surface area contributed by atoms with E-state index < -0.39 is 0 Å². The van der Waals surface area contributed by atoms with Crippen LogP contribution in [0.3, 0.4) is 0 Å². The zero-order valence-corrected chi connectivity index (χ0v) is 21.1. The normalized spacial score (nSPS) is 14.9. The van der Waals surface area contributed by atoms with Crippen molar-refractivity contribution in [2.45, 2.75) is 19.6 Å². The fraction of sp³-hybridized carbons (Fsp3) is 0.435. The summed E-state index contributed by atoms with van der Waals surface area (Å²) in [4.78, 5) is 6.24. The molecule has 1 unspecified atom stereocenters. The Kier molecular flexibility index (Phi) is 10.8. The van der Waals surface area contributed by atoms with Gasteiger partial charge in [-0.1, -0.05) is 18.2 Å². The molecule has 3 rings (SSSR count). The van der Waals surface area contributed by atoms with Gasteiger partial charge in [-0.05, 0) is 36.8 Å². The lowest BCUT2D eigenvalue weighted by molar-refractivity contribution is 0.122. The molecular formula is C23H32FIN4O3. The molecule has 2 N–H and O–H groups in total. The molecule has 0 aliphatic carbocycles. The van der Waals surface area contributed by atoms with E-state index in [4.69, 9.17) is 14.2 Å². The molecule has 2 aromatic rings. The maximum Gasteiger partial charge on any atom is 0.191 e. The minimum Gasteiger partial charge on any atom is -0.493 e. The molecule has 1 aliphatic rings. The van der Waals surface area contributed by atoms with Gasteiger partial charge in [0.25, 0.3) is 0 Å². The number of guanidine groups is 1. The number of methoxy groups -OCH3 is 1. The smallest absolute Gasteiger partial charge is 0.191 e. The zero-order valence-electron chi connectivity index (χ0n) is 18.8. The van der Waals surface area contributed by atoms with E-state index in [1.54, 1.807) is 20.2 Å². The largest absolute Gasteiger partial charge is 0.493 e. The molecule has 9 heteroatoms. The van der Waals surface area contributed by atoms with Gasteiger partial charge < -0.3 is 29.7 Å². The average molecular weight is 558 g/mol. The molecule has 1 saturated heterocycles. The predicted octanol–water partition coefficient (Wildman–Crippen LogP) is 3.42. The van der Waals surface area contributed by atoms with Crippen LogP contribution < -0.4 is 25.0 Å². The number of aliphatic imine (C=N–C) groups is 1. The lowest BCUT2D eigenvalue weighted by Crippen LogP contribution is -2.41. The van der Waals surface area contributed by atoms with Crippen molar-refractivity contribution in [3.05, 3.63) is 53.8 Å². The first kappa shape index (κ1) is 26.0. The van der Waals surface area contributed by atoms with E-state index in [9.17, 15) is 4.39 Å². The number of nitrogens with one attached hydrogen (secondary N) is 2. The maximum absolute atomic E-state index is 14.6. The molecule has 7 nitrogen and oxygen atoms in total. The van der Waals surface area contributed by atoms with Crippen LogP contribution in [0.1, 0.15) is 12.5 Å². The van der Waals surface area contributed by atoms with Crippen LogP contribution in [0.5, 0.6) is 11.5 Å². The van der Waals surface area contributed by atoms with Gasteiger partial charge in [-0.2, -0.15) is 0 Å². The molecule has 0 bridgehead atoms. The summed E-state index contributed by atoms with van der Waals surface area (Å²) in [6.07, 6.45) is -0.111. The molecule has 0 saturated carbocycles. The van der Waals surface area contributed by atoms with Crippen LogP contribution in [0.15, 0.2) is 47.5 Å². The van der Waals surface area contributed by atoms with Gasteiger partial charge in [0.2, 0.25) is 0 Å². The van der Waals surface area contributed by atoms with E-state index in [2.05, 4.69) is 15.6 Å². The summed E-state index contributed by atoms with van der Waals surface area (Å²) in [5, 5.41) is 6.44. The molecule has 0 aromatic heterocycles. The van der Waals surface area contributed by atoms with E-state index in [0.29, 0.717) is 62.5 Å². The molecule has 2 aromatic carbocycles. The molecule has 0 amide bonds. The van der Waals surface area contributed by atoms with Gasteiger partial charge in [-0.25, -0.2) is 4.39 Å². The topological polar surface area (TPSA) is 67.4 Å². The number of hydrogen-bond donors (Lipinski definition) is 2. The van der Waals surface area contributed by atoms with Gasteiger partial charge in [0.05, 0.1) is 32.6 Å². The minimum absolute atomic E-state index is 0. The summed E-state index contributed by atoms with van der Waals surface area (Å²) in [7, 11) is 3.32. The molecule has 0 radical (unpaired) electrons. The van der Waals surface area contributed by atoms with Gasteiger partial charge in [0.1, 0.15) is 11.9 Å². The van der Waals surface area contributed by atoms with Crippen molar-refractivity contribution in [1.82, 2.24) is 10.6 Å². The lowest BCUT2D eigenvalue weighted by Gasteiger charge is -2.29. The van der Waals surface area contributed by atoms with Crippen molar-refractivity contribution < 1.29 is 18.6 Å². The second kappa shape index (κ2) is 13.3. The Morgan fingerprint density at radius 1 is 1.16 bits per heavy atom. The van der Waals surface area contributed by atoms with Gasteiger partial charge in [-0.15, -0.1) is 24.0 Å². The third-order valence-electron chi connectivity index (χ3n) is 5.00. The number of ether oxygens (including phenoxy) is 3. The first-order chi connectivity index (χ1) is 15.1. The summed E-state index contributed by atoms with van der Waals surface area (Å²) in [5.74, 6) is 1.79. The van der Waals surface area contributed by atoms with Gasteiger partial charge in [-0.3, -0.25) is 4.99 Å². The molecule has 176 valence electrons. The maximum atomic E-state index is 14.6. The van der Waals surface area contributed by atoms with Crippen molar-refractivity contribution in [3.63, 3.8) is 0 Å². The average Bonchev–Trinajstić information content (AvgIpc) is 2.80. The summed E-state index contributed by atoms with van der Waals surface area (Å²) >= 11 is 0. The highest BCUT2D eigenvalue weighted by molar-refractivity contribution is 14.0. The summed E-state index contributed by atoms with van der Waals surface area (Å²) in [5.41, 5.74) is 1.47. The summed E-state index contributed by atoms with van der Waals surface area (Å²) in [6, 6.07) is 12.9. The lowest BCUT2D eigenvalue weighted by atomic mass is 10.1. The number of para-hydroxylation sites is 2. The van der Waals surface area contributed by atoms with Gasteiger partial charge in [0.15, 0.2) is 17.5 Å². The third-order valence-corrected chi connectivity index (χ3v) is 5.00. The SMILES string of the molecule is CN=C(NCc1ccc(N2CCOCC2)c(F)c1)NCC(C)Oc1ccccc1OC.I. The fourth-order valence-electron chi connectivity index (χ4n) is 3.34. The molecular weight excluding hydrogens is 526 g/mol. The molecule has 1 atom stereocenters. The van der Waals surface area contributed by atoms with Crippen LogP contribution in [0.4, 0.5) is 10.1 Å². The first-order valence-electron chi connectivity index (χ1n) is 10.5. The molecule has 1 aliphatic heterocycles. The Bertz CT molecular complexity index is 878. The van der Waals surface area contributed by atoms with Crippen molar-refractivity contribution in [1.29, 1.82) is 0 Å². The van der Waals surface area contributed by atoms with Crippen LogP contribution in [-0.2, 0) is 11.3 Å². The molecule has 1 heterocycles. The van der Waals surface area contributed by atoms with Crippen molar-refractivity contribution >= 4 is 35.6 Å². The van der Waals surface area contributed by atoms with E-state index in [0.717, 1.165) is 5.56 Å². The molecule has 0 spiro atoms. The van der Waals surface area contributed by atoms with E-state index >= 15 is 0 Å². The quantitative estimate of drug-likeness (QED) is 0.294. The number of nitrogens with zero attached hydrogens (tertiary/aromatic N) is 2. The minimum atomic E-state index is -0.219. The molecule has 1 fully saturated rings. The van der Waals surface area contributed by atoms with Crippen molar-refractivity contribution in [2.24, 2.45) is 4.99 Å². The second-order valence-corrected chi connectivity index (χ2v) is 7.27. The number of rotatable bonds is 8. The van der Waals surface area contributed by atoms with E-state index in [1.165, 1.54) is 0 Å². The van der Waals surface area contributed by atoms with Crippen molar-refractivity contribution in [2.75, 3.05) is 51.9 Å². The monoisotopic (exact) mass is 558 g/mol. The Morgan fingerprint density at radius 3 is 2.53 bits per heavy atom. The zero-order chi connectivity index (χ0) is 22.1. The van der Waals surface area contributed by atoms with Crippen LogP contribution in [0, 0.1) is 5.82 Å². The second-order valence-electron chi connectivity index (χ2n) is 7.27. The first-order valence-corrected chi connectivity index (χ1v) is 10.5. The number of benzene rings is 2. The summed E-state index contributed by atoms with van der Waals surface area (Å²) < 4.78 is 31.2. The Hall–Kier alpha value is -2.27. The highest BCUT2D eigenvalue weighted by Crippen LogP contribution is 2.26. The fourth-order valence-corrected chi connectivity index (χ4v) is 3.34. The molecule has 32 heavy (non-hydrogen) atoms. The number of halogens is 2. The van der Waals surface area contributed by atoms with Crippen LogP contribution in [0.25, 0.3) is 0 Å². The predicted molar refractivity (Wildman–Crippen MR) is 136 cm³/mol. The van der Waals surface area contributed by atoms with Gasteiger partial charge in [0, 0.05) is 26.7 Å². The van der Waals surface area contributed by atoms with E-state index in [1.807, 2.05) is 48.2 Å². The number of hydrogen-bond acceptors (Lipinski definition) is 5. The van der Waals surface area contributed by atoms with Gasteiger partial charge >= 0.3 is 0 Å². The summed E-state index contributed by atoms with van der Waals surface area (Å²) in [6.45, 7) is 5.64.